The molecular formula is C28H31N5O6. The second-order valence-electron chi connectivity index (χ2n) is 9.65. The predicted molar refractivity (Wildman–Crippen MR) is 141 cm³/mol. The van der Waals surface area contributed by atoms with Crippen LogP contribution in [0.25, 0.3) is 0 Å². The lowest BCUT2D eigenvalue weighted by atomic mass is 10.0. The van der Waals surface area contributed by atoms with Gasteiger partial charge in [-0.3, -0.25) is 19.1 Å². The third kappa shape index (κ3) is 5.82. The van der Waals surface area contributed by atoms with Crippen LogP contribution in [0.5, 0.6) is 17.2 Å². The maximum absolute atomic E-state index is 13.4. The second kappa shape index (κ2) is 11.1. The number of piperidine rings is 1. The van der Waals surface area contributed by atoms with Crippen molar-refractivity contribution in [3.8, 4) is 17.2 Å². The highest BCUT2D eigenvalue weighted by Gasteiger charge is 2.35. The van der Waals surface area contributed by atoms with Gasteiger partial charge in [0.2, 0.25) is 0 Å². The molecule has 3 aliphatic rings. The monoisotopic (exact) mass is 533 g/mol. The van der Waals surface area contributed by atoms with Gasteiger partial charge in [-0.2, -0.15) is 5.10 Å². The number of fused-ring (bicyclic) bond motifs is 7. The van der Waals surface area contributed by atoms with E-state index in [0.29, 0.717) is 42.3 Å². The zero-order valence-corrected chi connectivity index (χ0v) is 22.1. The summed E-state index contributed by atoms with van der Waals surface area (Å²) >= 11 is 0. The molecule has 11 nitrogen and oxygen atoms in total. The molecule has 204 valence electrons. The SMILES string of the molecule is COc1ccc2cc1OCC(=O)NCc1ccc(cc1)O[C@@H]1CCN(C(=O)c3cc(C)n(C)n3)C[C@@H]1NC2=O. The molecule has 3 aliphatic heterocycles. The second-order valence-corrected chi connectivity index (χ2v) is 9.65. The Hall–Kier alpha value is -4.54. The lowest BCUT2D eigenvalue weighted by Crippen LogP contribution is -2.58. The van der Waals surface area contributed by atoms with Gasteiger partial charge in [0.05, 0.1) is 13.2 Å². The number of ether oxygens (including phenoxy) is 3. The number of aryl methyl sites for hydroxylation is 2. The average Bonchev–Trinajstić information content (AvgIpc) is 3.29. The van der Waals surface area contributed by atoms with Crippen LogP contribution in [0.15, 0.2) is 48.5 Å². The molecule has 2 aromatic carbocycles. The number of carbonyl (C=O) groups excluding carboxylic acids is 3. The van der Waals surface area contributed by atoms with Gasteiger partial charge in [-0.1, -0.05) is 12.1 Å². The molecule has 0 saturated carbocycles. The van der Waals surface area contributed by atoms with E-state index in [-0.39, 0.29) is 42.7 Å². The fourth-order valence-electron chi connectivity index (χ4n) is 4.66. The third-order valence-corrected chi connectivity index (χ3v) is 6.97. The lowest BCUT2D eigenvalue weighted by Gasteiger charge is -2.38. The molecule has 4 bridgehead atoms. The predicted octanol–water partition coefficient (Wildman–Crippen LogP) is 1.84. The number of aromatic nitrogens is 2. The first-order valence-corrected chi connectivity index (χ1v) is 12.7. The highest BCUT2D eigenvalue weighted by molar-refractivity contribution is 5.95. The number of amides is 3. The van der Waals surface area contributed by atoms with E-state index in [0.717, 1.165) is 11.3 Å². The van der Waals surface area contributed by atoms with Crippen LogP contribution in [0.3, 0.4) is 0 Å². The number of carbonyl (C=O) groups is 3. The minimum absolute atomic E-state index is 0.198. The Morgan fingerprint density at radius 2 is 1.92 bits per heavy atom. The van der Waals surface area contributed by atoms with Crippen LogP contribution in [0.2, 0.25) is 0 Å². The quantitative estimate of drug-likeness (QED) is 0.515. The van der Waals surface area contributed by atoms with Crippen molar-refractivity contribution < 1.29 is 28.6 Å². The molecule has 2 atom stereocenters. The summed E-state index contributed by atoms with van der Waals surface area (Å²) in [6.07, 6.45) is 0.135. The number of benzene rings is 2. The van der Waals surface area contributed by atoms with Gasteiger partial charge in [0, 0.05) is 44.4 Å². The van der Waals surface area contributed by atoms with Crippen LogP contribution in [0.4, 0.5) is 0 Å². The first-order chi connectivity index (χ1) is 18.8. The first kappa shape index (κ1) is 26.1. The molecule has 3 amide bonds. The van der Waals surface area contributed by atoms with Crippen molar-refractivity contribution in [2.75, 3.05) is 26.8 Å². The van der Waals surface area contributed by atoms with E-state index < -0.39 is 6.04 Å². The maximum atomic E-state index is 13.4. The number of likely N-dealkylation sites (tertiary alicyclic amines) is 1. The fraction of sp³-hybridized carbons (Fsp3) is 0.357. The molecule has 0 unspecified atom stereocenters. The highest BCUT2D eigenvalue weighted by Crippen LogP contribution is 2.29. The van der Waals surface area contributed by atoms with Crippen LogP contribution in [-0.4, -0.2) is 71.4 Å². The Balaban J connectivity index is 1.44. The van der Waals surface area contributed by atoms with Crippen LogP contribution < -0.4 is 24.8 Å². The Morgan fingerprint density at radius 3 is 2.64 bits per heavy atom. The molecule has 0 aliphatic carbocycles. The molecule has 0 spiro atoms. The van der Waals surface area contributed by atoms with Crippen molar-refractivity contribution in [2.24, 2.45) is 7.05 Å². The summed E-state index contributed by atoms with van der Waals surface area (Å²) in [6, 6.07) is 13.4. The number of hydrogen-bond donors (Lipinski definition) is 2. The van der Waals surface area contributed by atoms with Crippen molar-refractivity contribution in [1.29, 1.82) is 0 Å². The fourth-order valence-corrected chi connectivity index (χ4v) is 4.66. The van der Waals surface area contributed by atoms with Gasteiger partial charge in [0.1, 0.15) is 11.9 Å². The summed E-state index contributed by atoms with van der Waals surface area (Å²) in [4.78, 5) is 40.7. The average molecular weight is 534 g/mol. The van der Waals surface area contributed by atoms with E-state index in [4.69, 9.17) is 14.2 Å². The Morgan fingerprint density at radius 1 is 1.13 bits per heavy atom. The lowest BCUT2D eigenvalue weighted by molar-refractivity contribution is -0.123. The molecule has 1 saturated heterocycles. The standard InChI is InChI=1S/C28H31N5O6/c1-17-12-21(31-32(17)2)28(36)33-11-10-23-22(15-33)30-27(35)19-6-9-24(37-3)25(13-19)38-16-26(34)29-14-18-4-7-20(39-23)8-5-18/h4-9,12-13,22-23H,10-11,14-16H2,1-3H3,(H,29,34)(H,30,35)/t22-,23+/m0/s1. The number of nitrogens with one attached hydrogen (secondary N) is 2. The molecule has 6 rings (SSSR count). The molecule has 2 N–H and O–H groups in total. The Kier molecular flexibility index (Phi) is 7.40. The minimum Gasteiger partial charge on any atom is -0.493 e. The zero-order chi connectivity index (χ0) is 27.5. The molecule has 11 heteroatoms. The number of nitrogens with zero attached hydrogens (tertiary/aromatic N) is 3. The van der Waals surface area contributed by atoms with E-state index >= 15 is 0 Å². The molecule has 1 fully saturated rings. The molecule has 39 heavy (non-hydrogen) atoms. The van der Waals surface area contributed by atoms with Gasteiger partial charge in [0.25, 0.3) is 17.7 Å². The highest BCUT2D eigenvalue weighted by atomic mass is 16.5. The van der Waals surface area contributed by atoms with Gasteiger partial charge in [0.15, 0.2) is 23.8 Å². The van der Waals surface area contributed by atoms with Crippen LogP contribution in [0.1, 0.15) is 38.5 Å². The summed E-state index contributed by atoms with van der Waals surface area (Å²) in [5.41, 5.74) is 2.46. The summed E-state index contributed by atoms with van der Waals surface area (Å²) in [5.74, 6) is 0.426. The van der Waals surface area contributed by atoms with Crippen molar-refractivity contribution in [3.05, 3.63) is 71.0 Å². The van der Waals surface area contributed by atoms with Gasteiger partial charge in [-0.15, -0.1) is 0 Å². The smallest absolute Gasteiger partial charge is 0.274 e. The zero-order valence-electron chi connectivity index (χ0n) is 22.1. The maximum Gasteiger partial charge on any atom is 0.274 e. The first-order valence-electron chi connectivity index (χ1n) is 12.7. The molecule has 3 aromatic rings. The van der Waals surface area contributed by atoms with Gasteiger partial charge >= 0.3 is 0 Å². The van der Waals surface area contributed by atoms with Crippen molar-refractivity contribution in [2.45, 2.75) is 32.0 Å². The number of methoxy groups -OCH3 is 1. The number of rotatable bonds is 2. The molecule has 1 aromatic heterocycles. The van der Waals surface area contributed by atoms with E-state index in [2.05, 4.69) is 15.7 Å². The normalized spacial score (nSPS) is 19.6. The van der Waals surface area contributed by atoms with Crippen molar-refractivity contribution in [1.82, 2.24) is 25.3 Å². The summed E-state index contributed by atoms with van der Waals surface area (Å²) < 4.78 is 19.0. The topological polar surface area (TPSA) is 124 Å². The van der Waals surface area contributed by atoms with Gasteiger partial charge in [-0.05, 0) is 48.9 Å². The molecule has 4 heterocycles. The third-order valence-electron chi connectivity index (χ3n) is 6.97. The van der Waals surface area contributed by atoms with Crippen molar-refractivity contribution in [3.63, 3.8) is 0 Å². The van der Waals surface area contributed by atoms with E-state index in [1.165, 1.54) is 13.2 Å². The van der Waals surface area contributed by atoms with Gasteiger partial charge in [-0.25, -0.2) is 0 Å². The summed E-state index contributed by atoms with van der Waals surface area (Å²) in [5, 5.41) is 10.2. The van der Waals surface area contributed by atoms with E-state index in [1.54, 1.807) is 34.8 Å². The number of hydrogen-bond acceptors (Lipinski definition) is 7. The summed E-state index contributed by atoms with van der Waals surface area (Å²) in [6.45, 7) is 2.68. The Bertz CT molecular complexity index is 1370. The minimum atomic E-state index is -0.495. The van der Waals surface area contributed by atoms with Crippen LogP contribution in [0, 0.1) is 6.92 Å². The van der Waals surface area contributed by atoms with Crippen LogP contribution >= 0.6 is 0 Å². The largest absolute Gasteiger partial charge is 0.493 e. The molecule has 0 radical (unpaired) electrons. The summed E-state index contributed by atoms with van der Waals surface area (Å²) in [7, 11) is 3.28. The van der Waals surface area contributed by atoms with Crippen LogP contribution in [-0.2, 0) is 18.4 Å². The molecular weight excluding hydrogens is 502 g/mol. The van der Waals surface area contributed by atoms with E-state index in [9.17, 15) is 14.4 Å². The van der Waals surface area contributed by atoms with E-state index in [1.807, 2.05) is 31.2 Å². The van der Waals surface area contributed by atoms with Crippen molar-refractivity contribution >= 4 is 17.7 Å². The Labute approximate surface area is 226 Å². The van der Waals surface area contributed by atoms with Gasteiger partial charge < -0.3 is 29.7 Å².